The van der Waals surface area contributed by atoms with Crippen LogP contribution in [0.25, 0.3) is 31.6 Å². The summed E-state index contributed by atoms with van der Waals surface area (Å²) in [5, 5.41) is 30.8. The van der Waals surface area contributed by atoms with Crippen LogP contribution in [0.3, 0.4) is 0 Å². The van der Waals surface area contributed by atoms with Crippen molar-refractivity contribution in [2.75, 3.05) is 31.6 Å². The Hall–Kier alpha value is -3.13. The van der Waals surface area contributed by atoms with Crippen molar-refractivity contribution in [1.82, 2.24) is 19.7 Å². The average molecular weight is 978 g/mol. The standard InChI is InChI=1S/C44H57N5O6S.CH2O3.Cs/c1-25-37-35(54-8)20-29(40(50)48-24-28-12-14-32(48)38(28)49(42(52)53)43(2,3)4)21-36(37)56-39(25)34-19-27-11-13-31(22-33(27)47(34)23-26-9-10-26)46-17-15-30(16-18-46)45-41(51)55-44(5,6)7;2-1(3)4;/h11,13,19-22,26,28,30,32,38H,9-10,12,14-18,23-24H2,1-8H3,(H,45,51)(H,52,53);(H2,2,3,4);/q;;+1/p-1/t28?,32?,38-;;/m1../s1. The first-order chi connectivity index (χ1) is 28.2. The van der Waals surface area contributed by atoms with Crippen LogP contribution in [0.2, 0.25) is 0 Å². The van der Waals surface area contributed by atoms with Crippen LogP contribution in [0.15, 0.2) is 36.4 Å². The van der Waals surface area contributed by atoms with Crippen LogP contribution in [-0.4, -0.2) is 105 Å². The van der Waals surface area contributed by atoms with Crippen LogP contribution in [-0.2, 0) is 11.3 Å². The van der Waals surface area contributed by atoms with Crippen molar-refractivity contribution >= 4 is 62.3 Å². The first-order valence-corrected chi connectivity index (χ1v) is 21.8. The number of carbonyl (C=O) groups is 4. The average Bonchev–Trinajstić information content (AvgIpc) is 3.48. The number of nitrogens with one attached hydrogen (secondary N) is 1. The molecule has 2 saturated heterocycles. The van der Waals surface area contributed by atoms with Crippen LogP contribution < -0.4 is 89.0 Å². The predicted octanol–water partition coefficient (Wildman–Crippen LogP) is 5.02. The second-order valence-corrected chi connectivity index (χ2v) is 19.8. The number of thiophene rings is 1. The summed E-state index contributed by atoms with van der Waals surface area (Å²) in [7, 11) is 1.67. The molecule has 2 aromatic heterocycles. The van der Waals surface area contributed by atoms with Crippen LogP contribution in [0.5, 0.6) is 5.75 Å². The van der Waals surface area contributed by atoms with Gasteiger partial charge in [0.2, 0.25) is 6.16 Å². The molecule has 2 aliphatic heterocycles. The van der Waals surface area contributed by atoms with Crippen LogP contribution in [0, 0.1) is 18.8 Å². The summed E-state index contributed by atoms with van der Waals surface area (Å²) < 4.78 is 15.0. The number of aryl methyl sites for hydroxylation is 1. The van der Waals surface area contributed by atoms with E-state index in [9.17, 15) is 19.5 Å². The number of hydrogen-bond donors (Lipinski definition) is 3. The van der Waals surface area contributed by atoms with Gasteiger partial charge < -0.3 is 49.3 Å². The number of fused-ring (bicyclic) bond motifs is 4. The van der Waals surface area contributed by atoms with Gasteiger partial charge in [-0.3, -0.25) is 9.69 Å². The van der Waals surface area contributed by atoms with Gasteiger partial charge in [0.25, 0.3) is 5.91 Å². The summed E-state index contributed by atoms with van der Waals surface area (Å²) in [5.74, 6) is 1.41. The van der Waals surface area contributed by atoms with Gasteiger partial charge in [-0.15, -0.1) is 11.3 Å². The number of alkyl carbamates (subject to hydrolysis) is 1. The molecule has 4 heterocycles. The van der Waals surface area contributed by atoms with Gasteiger partial charge in [0.15, 0.2) is 0 Å². The van der Waals surface area contributed by atoms with Gasteiger partial charge in [0.05, 0.1) is 35.3 Å². The maximum absolute atomic E-state index is 14.4. The number of carboxylic acid groups (broad SMARTS) is 3. The number of nitrogens with zero attached hydrogens (tertiary/aromatic N) is 4. The molecule has 4 aromatic rings. The first kappa shape index (κ1) is 47.4. The summed E-state index contributed by atoms with van der Waals surface area (Å²) in [4.78, 5) is 54.8. The number of benzene rings is 2. The molecule has 2 unspecified atom stereocenters. The first-order valence-electron chi connectivity index (χ1n) is 21.0. The SMILES string of the molecule is COc1cc(C(=O)N2CC3CCC2[C@@H]3N(C(=O)O)C(C)(C)C)cc2sc(-c3cc4ccc(N5CCC(NC(=O)OC(C)(C)C)CC5)cc4n3CC3CC3)c(C)c12.O=C([O-])O.[Cs+]. The third-order valence-electron chi connectivity index (χ3n) is 12.3. The van der Waals surface area contributed by atoms with Crippen LogP contribution in [0.4, 0.5) is 20.1 Å². The van der Waals surface area contributed by atoms with Crippen LogP contribution in [0.1, 0.15) is 96.0 Å². The van der Waals surface area contributed by atoms with Gasteiger partial charge in [0, 0.05) is 64.5 Å². The van der Waals surface area contributed by atoms with E-state index in [4.69, 9.17) is 24.5 Å². The molecule has 3 amide bonds. The zero-order valence-corrected chi connectivity index (χ0v) is 44.0. The third-order valence-corrected chi connectivity index (χ3v) is 13.6. The van der Waals surface area contributed by atoms with E-state index in [1.807, 2.05) is 58.6 Å². The van der Waals surface area contributed by atoms with Crippen molar-refractivity contribution in [3.05, 3.63) is 47.5 Å². The molecule has 324 valence electrons. The van der Waals surface area contributed by atoms with E-state index in [0.29, 0.717) is 23.8 Å². The second-order valence-electron chi connectivity index (χ2n) is 18.8. The Morgan fingerprint density at radius 1 is 0.951 bits per heavy atom. The minimum atomic E-state index is -2.08. The Morgan fingerprint density at radius 2 is 1.62 bits per heavy atom. The van der Waals surface area contributed by atoms with Crippen molar-refractivity contribution in [3.63, 3.8) is 0 Å². The molecule has 2 saturated carbocycles. The molecule has 2 aliphatic carbocycles. The molecule has 4 aliphatic rings. The Balaban J connectivity index is 0.00000119. The number of methoxy groups -OCH3 is 1. The minimum Gasteiger partial charge on any atom is -0.565 e. The van der Waals surface area contributed by atoms with E-state index >= 15 is 0 Å². The summed E-state index contributed by atoms with van der Waals surface area (Å²) in [5.41, 5.74) is 4.25. The molecule has 0 spiro atoms. The molecule has 2 bridgehead atoms. The van der Waals surface area contributed by atoms with Crippen LogP contribution >= 0.6 is 11.3 Å². The maximum Gasteiger partial charge on any atom is 1.00 e. The van der Waals surface area contributed by atoms with Gasteiger partial charge in [0.1, 0.15) is 11.4 Å². The smallest absolute Gasteiger partial charge is 0.565 e. The second kappa shape index (κ2) is 18.5. The summed E-state index contributed by atoms with van der Waals surface area (Å²) in [6.07, 6.45) is 2.56. The van der Waals surface area contributed by atoms with Gasteiger partial charge >= 0.3 is 81.1 Å². The molecule has 8 rings (SSSR count). The van der Waals surface area contributed by atoms with Crippen molar-refractivity contribution in [2.24, 2.45) is 11.8 Å². The van der Waals surface area contributed by atoms with Crippen molar-refractivity contribution in [2.45, 2.75) is 123 Å². The number of carbonyl (C=O) groups excluding carboxylic acids is 2. The molecule has 3 N–H and O–H groups in total. The maximum atomic E-state index is 14.4. The van der Waals surface area contributed by atoms with Crippen molar-refractivity contribution in [1.29, 1.82) is 0 Å². The number of hydrogen-bond acceptors (Lipinski definition) is 9. The van der Waals surface area contributed by atoms with Gasteiger partial charge in [-0.25, -0.2) is 9.59 Å². The Bertz CT molecular complexity index is 2300. The number of ether oxygens (including phenoxy) is 2. The van der Waals surface area contributed by atoms with Gasteiger partial charge in [-0.05, 0) is 135 Å². The molecule has 16 heteroatoms. The van der Waals surface area contributed by atoms with E-state index in [1.165, 1.54) is 40.0 Å². The quantitative estimate of drug-likeness (QED) is 0.218. The van der Waals surface area contributed by atoms with E-state index in [1.54, 1.807) is 23.3 Å². The third kappa shape index (κ3) is 10.3. The molecule has 3 atom stereocenters. The molecular weight excluding hydrogens is 919 g/mol. The summed E-state index contributed by atoms with van der Waals surface area (Å²) >= 11 is 1.71. The number of aromatic nitrogens is 1. The zero-order chi connectivity index (χ0) is 43.4. The van der Waals surface area contributed by atoms with E-state index in [-0.39, 0.29) is 105 Å². The molecular formula is C45H58CsN5O9S. The summed E-state index contributed by atoms with van der Waals surface area (Å²) in [6.45, 7) is 16.8. The Kier molecular flexibility index (Phi) is 14.4. The largest absolute Gasteiger partial charge is 1.00 e. The van der Waals surface area contributed by atoms with Crippen molar-refractivity contribution < 1.29 is 113 Å². The summed E-state index contributed by atoms with van der Waals surface area (Å²) in [6, 6.07) is 12.8. The van der Waals surface area contributed by atoms with E-state index in [2.05, 4.69) is 46.0 Å². The Morgan fingerprint density at radius 3 is 2.21 bits per heavy atom. The fraction of sp³-hybridized carbons (Fsp3) is 0.556. The van der Waals surface area contributed by atoms with E-state index in [0.717, 1.165) is 61.0 Å². The molecule has 4 fully saturated rings. The minimum absolute atomic E-state index is 0. The monoisotopic (exact) mass is 977 g/mol. The molecule has 2 aromatic carbocycles. The fourth-order valence-corrected chi connectivity index (χ4v) is 10.9. The number of amides is 3. The number of anilines is 1. The van der Waals surface area contributed by atoms with Crippen molar-refractivity contribution in [3.8, 4) is 16.3 Å². The number of likely N-dealkylation sites (tertiary alicyclic amines) is 1. The molecule has 0 radical (unpaired) electrons. The molecule has 14 nitrogen and oxygen atoms in total. The number of rotatable bonds is 8. The molecule has 61 heavy (non-hydrogen) atoms. The van der Waals surface area contributed by atoms with Gasteiger partial charge in [-0.2, -0.15) is 0 Å². The van der Waals surface area contributed by atoms with Gasteiger partial charge in [-0.1, -0.05) is 6.07 Å². The Labute approximate surface area is 420 Å². The predicted molar refractivity (Wildman–Crippen MR) is 230 cm³/mol. The zero-order valence-electron chi connectivity index (χ0n) is 36.9. The normalized spacial score (nSPS) is 20.2. The number of piperidine rings is 2. The fourth-order valence-electron chi connectivity index (χ4n) is 9.62. The van der Waals surface area contributed by atoms with E-state index < -0.39 is 23.4 Å². The topological polar surface area (TPSA) is 177 Å².